The number of aromatic nitrogens is 1. The molecule has 3 aromatic rings. The Hall–Kier alpha value is -2.68. The highest BCUT2D eigenvalue weighted by Gasteiger charge is 2.30. The molecule has 30 heavy (non-hydrogen) atoms. The molecule has 2 aromatic heterocycles. The Morgan fingerprint density at radius 2 is 2.07 bits per heavy atom. The van der Waals surface area contributed by atoms with Crippen LogP contribution in [0.2, 0.25) is 5.02 Å². The Labute approximate surface area is 180 Å². The van der Waals surface area contributed by atoms with Crippen LogP contribution < -0.4 is 5.56 Å². The van der Waals surface area contributed by atoms with Crippen LogP contribution in [0.15, 0.2) is 46.7 Å². The molecule has 0 spiro atoms. The molecule has 0 aliphatic carbocycles. The molecule has 3 N–H and O–H groups in total. The quantitative estimate of drug-likeness (QED) is 0.569. The summed E-state index contributed by atoms with van der Waals surface area (Å²) < 4.78 is 13.8. The van der Waals surface area contributed by atoms with Crippen LogP contribution in [0.1, 0.15) is 16.8 Å². The van der Waals surface area contributed by atoms with Crippen molar-refractivity contribution in [1.29, 1.82) is 0 Å². The van der Waals surface area contributed by atoms with Gasteiger partial charge in [0.25, 0.3) is 11.5 Å². The lowest BCUT2D eigenvalue weighted by atomic mass is 10.0. The number of aromatic hydroxyl groups is 1. The number of aliphatic hydroxyl groups excluding tert-OH is 1. The highest BCUT2D eigenvalue weighted by atomic mass is 35.5. The van der Waals surface area contributed by atoms with Gasteiger partial charge in [-0.2, -0.15) is 0 Å². The largest absolute Gasteiger partial charge is 0.503 e. The summed E-state index contributed by atoms with van der Waals surface area (Å²) in [5.41, 5.74) is 1.57. The fourth-order valence-electron chi connectivity index (χ4n) is 3.43. The first-order chi connectivity index (χ1) is 14.3. The minimum atomic E-state index is -1.45. The smallest absolute Gasteiger partial charge is 0.290 e. The van der Waals surface area contributed by atoms with Gasteiger partial charge < -0.3 is 20.1 Å². The van der Waals surface area contributed by atoms with Gasteiger partial charge in [-0.3, -0.25) is 9.59 Å². The molecule has 1 aliphatic heterocycles. The molecule has 9 heteroatoms. The number of aliphatic hydroxyl groups is 1. The van der Waals surface area contributed by atoms with E-state index in [1.165, 1.54) is 22.4 Å². The highest BCUT2D eigenvalue weighted by molar-refractivity contribution is 7.14. The molecule has 0 radical (unpaired) electrons. The summed E-state index contributed by atoms with van der Waals surface area (Å²) in [5.74, 6) is -0.690. The van der Waals surface area contributed by atoms with E-state index >= 15 is 0 Å². The van der Waals surface area contributed by atoms with Gasteiger partial charge in [-0.1, -0.05) is 17.7 Å². The van der Waals surface area contributed by atoms with Crippen molar-refractivity contribution in [1.82, 2.24) is 9.88 Å². The topological polar surface area (TPSA) is 93.6 Å². The van der Waals surface area contributed by atoms with Gasteiger partial charge in [-0.15, -0.1) is 11.3 Å². The first-order valence-electron chi connectivity index (χ1n) is 9.26. The van der Waals surface area contributed by atoms with Gasteiger partial charge in [0, 0.05) is 34.3 Å². The van der Waals surface area contributed by atoms with E-state index in [9.17, 15) is 24.2 Å². The number of amides is 1. The second-order valence-electron chi connectivity index (χ2n) is 7.09. The second-order valence-corrected chi connectivity index (χ2v) is 8.40. The Bertz CT molecular complexity index is 1160. The minimum Gasteiger partial charge on any atom is -0.503 e. The third-order valence-electron chi connectivity index (χ3n) is 5.12. The zero-order chi connectivity index (χ0) is 21.4. The molecule has 6 nitrogen and oxygen atoms in total. The summed E-state index contributed by atoms with van der Waals surface area (Å²) >= 11 is 7.82. The zero-order valence-corrected chi connectivity index (χ0v) is 17.2. The number of nitrogens with zero attached hydrogens (tertiary/aromatic N) is 1. The molecular weight excluding hydrogens is 431 g/mol. The average Bonchev–Trinajstić information content (AvgIpc) is 3.21. The van der Waals surface area contributed by atoms with Crippen LogP contribution in [-0.2, 0) is 0 Å². The van der Waals surface area contributed by atoms with Crippen molar-refractivity contribution in [2.24, 2.45) is 0 Å². The summed E-state index contributed by atoms with van der Waals surface area (Å²) in [6, 6.07) is 8.31. The number of aromatic amines is 1. The van der Waals surface area contributed by atoms with Crippen LogP contribution in [0.25, 0.3) is 21.6 Å². The van der Waals surface area contributed by atoms with Gasteiger partial charge in [0.05, 0.1) is 17.7 Å². The third-order valence-corrected chi connectivity index (χ3v) is 6.40. The molecule has 1 aliphatic rings. The number of halogens is 2. The summed E-state index contributed by atoms with van der Waals surface area (Å²) in [4.78, 5) is 28.9. The lowest BCUT2D eigenvalue weighted by Crippen LogP contribution is -2.47. The number of hydrogen-bond acceptors (Lipinski definition) is 5. The first-order valence-corrected chi connectivity index (χ1v) is 10.5. The Morgan fingerprint density at radius 3 is 2.80 bits per heavy atom. The van der Waals surface area contributed by atoms with E-state index in [-0.39, 0.29) is 31.2 Å². The number of pyridine rings is 1. The number of thiophene rings is 1. The number of benzene rings is 1. The van der Waals surface area contributed by atoms with Crippen LogP contribution in [0.4, 0.5) is 4.39 Å². The van der Waals surface area contributed by atoms with Gasteiger partial charge in [-0.25, -0.2) is 4.39 Å². The Morgan fingerprint density at radius 1 is 1.27 bits per heavy atom. The Kier molecular flexibility index (Phi) is 5.64. The summed E-state index contributed by atoms with van der Waals surface area (Å²) in [6.45, 7) is 0.140. The lowest BCUT2D eigenvalue weighted by Gasteiger charge is -2.32. The van der Waals surface area contributed by atoms with Crippen molar-refractivity contribution in [3.8, 4) is 27.3 Å². The number of alkyl halides is 1. The number of piperidine rings is 1. The molecule has 1 amide bonds. The lowest BCUT2D eigenvalue weighted by molar-refractivity contribution is 0.00826. The Balaban J connectivity index is 1.58. The SMILES string of the molecule is O=C(c1ccc(-c2cc(-c3cc[nH]c(=O)c3O)cs2)c(Cl)c1)N1CCC(O)C(F)C1. The number of carbonyl (C=O) groups excluding carboxylic acids is 1. The molecule has 1 fully saturated rings. The van der Waals surface area contributed by atoms with E-state index in [1.54, 1.807) is 29.6 Å². The van der Waals surface area contributed by atoms with Crippen molar-refractivity contribution in [3.63, 3.8) is 0 Å². The minimum absolute atomic E-state index is 0.145. The van der Waals surface area contributed by atoms with Gasteiger partial charge in [-0.05, 0) is 41.6 Å². The molecule has 3 heterocycles. The molecule has 2 unspecified atom stereocenters. The summed E-state index contributed by atoms with van der Waals surface area (Å²) in [7, 11) is 0. The number of nitrogens with one attached hydrogen (secondary N) is 1. The van der Waals surface area contributed by atoms with Crippen molar-refractivity contribution < 1.29 is 19.4 Å². The van der Waals surface area contributed by atoms with Crippen LogP contribution in [-0.4, -0.2) is 51.4 Å². The fraction of sp³-hybridized carbons (Fsp3) is 0.238. The van der Waals surface area contributed by atoms with Crippen LogP contribution in [0.3, 0.4) is 0 Å². The van der Waals surface area contributed by atoms with E-state index in [0.717, 1.165) is 4.88 Å². The monoisotopic (exact) mass is 448 g/mol. The number of rotatable bonds is 3. The highest BCUT2D eigenvalue weighted by Crippen LogP contribution is 2.38. The standard InChI is InChI=1S/C21H18ClFN2O4S/c22-15-7-11(21(29)25-6-4-17(26)16(23)9-25)1-2-14(15)18-8-12(10-30-18)13-3-5-24-20(28)19(13)27/h1-3,5,7-8,10,16-17,26-27H,4,6,9H2,(H,24,28). The fourth-order valence-corrected chi connectivity index (χ4v) is 4.72. The van der Waals surface area contributed by atoms with Crippen molar-refractivity contribution >= 4 is 28.8 Å². The van der Waals surface area contributed by atoms with Crippen LogP contribution in [0.5, 0.6) is 5.75 Å². The van der Waals surface area contributed by atoms with Gasteiger partial charge in [0.15, 0.2) is 5.75 Å². The molecule has 4 rings (SSSR count). The van der Waals surface area contributed by atoms with E-state index in [1.807, 2.05) is 6.07 Å². The maximum Gasteiger partial charge on any atom is 0.290 e. The molecular formula is C21H18ClFN2O4S. The first kappa shape index (κ1) is 20.6. The molecule has 0 saturated carbocycles. The van der Waals surface area contributed by atoms with E-state index < -0.39 is 17.8 Å². The van der Waals surface area contributed by atoms with Gasteiger partial charge >= 0.3 is 0 Å². The number of carbonyl (C=O) groups is 1. The number of H-pyrrole nitrogens is 1. The second kappa shape index (κ2) is 8.22. The average molecular weight is 449 g/mol. The molecule has 1 saturated heterocycles. The molecule has 2 atom stereocenters. The van der Waals surface area contributed by atoms with E-state index in [2.05, 4.69) is 4.98 Å². The van der Waals surface area contributed by atoms with Crippen LogP contribution in [0, 0.1) is 0 Å². The van der Waals surface area contributed by atoms with Gasteiger partial charge in [0.1, 0.15) is 6.17 Å². The van der Waals surface area contributed by atoms with E-state index in [0.29, 0.717) is 27.3 Å². The number of hydrogen-bond donors (Lipinski definition) is 3. The normalized spacial score (nSPS) is 19.1. The molecule has 1 aromatic carbocycles. The van der Waals surface area contributed by atoms with Crippen molar-refractivity contribution in [3.05, 3.63) is 62.8 Å². The predicted octanol–water partition coefficient (Wildman–Crippen LogP) is 3.67. The zero-order valence-electron chi connectivity index (χ0n) is 15.6. The molecule has 0 bridgehead atoms. The van der Waals surface area contributed by atoms with Crippen molar-refractivity contribution in [2.75, 3.05) is 13.1 Å². The maximum atomic E-state index is 13.8. The van der Waals surface area contributed by atoms with E-state index in [4.69, 9.17) is 11.6 Å². The van der Waals surface area contributed by atoms with Gasteiger partial charge in [0.2, 0.25) is 0 Å². The van der Waals surface area contributed by atoms with Crippen LogP contribution >= 0.6 is 22.9 Å². The molecule has 156 valence electrons. The predicted molar refractivity (Wildman–Crippen MR) is 114 cm³/mol. The summed E-state index contributed by atoms with van der Waals surface area (Å²) in [5, 5.41) is 21.7. The third kappa shape index (κ3) is 3.86. The summed E-state index contributed by atoms with van der Waals surface area (Å²) in [6.07, 6.45) is -0.827. The maximum absolute atomic E-state index is 13.8. The number of likely N-dealkylation sites (tertiary alicyclic amines) is 1. The van der Waals surface area contributed by atoms with Crippen molar-refractivity contribution in [2.45, 2.75) is 18.7 Å².